The molecular formula is C24H39N3O5. The van der Waals surface area contributed by atoms with Gasteiger partial charge >= 0.3 is 6.09 Å². The summed E-state index contributed by atoms with van der Waals surface area (Å²) in [4.78, 5) is 40.4. The lowest BCUT2D eigenvalue weighted by Crippen LogP contribution is -2.54. The SMILES string of the molecule is CCC(C)C(NC(=O)OC(C)(C)C)C(=O)N(C)C(C(=O)NC(C)C)c1ccc(O)c(C)c1. The van der Waals surface area contributed by atoms with Gasteiger partial charge in [-0.05, 0) is 70.7 Å². The second-order valence-corrected chi connectivity index (χ2v) is 9.57. The van der Waals surface area contributed by atoms with Crippen LogP contribution in [0.4, 0.5) is 4.79 Å². The number of amides is 3. The molecule has 0 aliphatic heterocycles. The Hall–Kier alpha value is -2.77. The zero-order valence-corrected chi connectivity index (χ0v) is 20.8. The molecule has 1 rings (SSSR count). The van der Waals surface area contributed by atoms with Gasteiger partial charge in [0.05, 0.1) is 0 Å². The van der Waals surface area contributed by atoms with E-state index in [9.17, 15) is 19.5 Å². The summed E-state index contributed by atoms with van der Waals surface area (Å²) in [5.74, 6) is -0.830. The van der Waals surface area contributed by atoms with E-state index >= 15 is 0 Å². The van der Waals surface area contributed by atoms with Crippen molar-refractivity contribution in [3.63, 3.8) is 0 Å². The third-order valence-corrected chi connectivity index (χ3v) is 5.10. The predicted molar refractivity (Wildman–Crippen MR) is 124 cm³/mol. The van der Waals surface area contributed by atoms with Crippen LogP contribution in [0.5, 0.6) is 5.75 Å². The summed E-state index contributed by atoms with van der Waals surface area (Å²) in [7, 11) is 1.54. The summed E-state index contributed by atoms with van der Waals surface area (Å²) >= 11 is 0. The van der Waals surface area contributed by atoms with Gasteiger partial charge < -0.3 is 25.4 Å². The fourth-order valence-electron chi connectivity index (χ4n) is 3.23. The number of nitrogens with one attached hydrogen (secondary N) is 2. The van der Waals surface area contributed by atoms with Crippen LogP contribution in [0.25, 0.3) is 0 Å². The molecule has 1 aromatic rings. The van der Waals surface area contributed by atoms with Crippen LogP contribution < -0.4 is 10.6 Å². The molecule has 3 amide bonds. The minimum Gasteiger partial charge on any atom is -0.508 e. The Morgan fingerprint density at radius 2 is 1.72 bits per heavy atom. The molecule has 3 unspecified atom stereocenters. The second kappa shape index (κ2) is 11.2. The molecule has 32 heavy (non-hydrogen) atoms. The number of aromatic hydroxyl groups is 1. The topological polar surface area (TPSA) is 108 Å². The third-order valence-electron chi connectivity index (χ3n) is 5.10. The Bertz CT molecular complexity index is 816. The molecule has 0 fully saturated rings. The largest absolute Gasteiger partial charge is 0.508 e. The third kappa shape index (κ3) is 7.73. The van der Waals surface area contributed by atoms with Crippen molar-refractivity contribution >= 4 is 17.9 Å². The van der Waals surface area contributed by atoms with Crippen molar-refractivity contribution in [2.75, 3.05) is 7.05 Å². The molecule has 0 aliphatic rings. The number of phenols is 1. The monoisotopic (exact) mass is 449 g/mol. The van der Waals surface area contributed by atoms with E-state index in [-0.39, 0.29) is 23.6 Å². The number of nitrogens with zero attached hydrogens (tertiary/aromatic N) is 1. The highest BCUT2D eigenvalue weighted by Gasteiger charge is 2.36. The number of hydrogen-bond acceptors (Lipinski definition) is 5. The number of ether oxygens (including phenoxy) is 1. The Morgan fingerprint density at radius 1 is 1.12 bits per heavy atom. The average Bonchev–Trinajstić information content (AvgIpc) is 2.65. The average molecular weight is 450 g/mol. The maximum atomic E-state index is 13.5. The molecule has 0 bridgehead atoms. The van der Waals surface area contributed by atoms with Crippen LogP contribution in [0, 0.1) is 12.8 Å². The number of likely N-dealkylation sites (N-methyl/N-ethyl adjacent to an activating group) is 1. The molecule has 8 heteroatoms. The van der Waals surface area contributed by atoms with E-state index in [0.29, 0.717) is 17.5 Å². The van der Waals surface area contributed by atoms with E-state index in [1.165, 1.54) is 11.0 Å². The van der Waals surface area contributed by atoms with Gasteiger partial charge in [0.15, 0.2) is 0 Å². The summed E-state index contributed by atoms with van der Waals surface area (Å²) in [5, 5.41) is 15.4. The molecule has 0 saturated carbocycles. The van der Waals surface area contributed by atoms with E-state index in [4.69, 9.17) is 4.74 Å². The molecule has 0 aromatic heterocycles. The highest BCUT2D eigenvalue weighted by molar-refractivity contribution is 5.92. The van der Waals surface area contributed by atoms with Gasteiger partial charge in [0.1, 0.15) is 23.4 Å². The van der Waals surface area contributed by atoms with Crippen LogP contribution in [0.1, 0.15) is 72.1 Å². The quantitative estimate of drug-likeness (QED) is 0.561. The molecule has 0 radical (unpaired) electrons. The first-order chi connectivity index (χ1) is 14.7. The minimum absolute atomic E-state index is 0.106. The highest BCUT2D eigenvalue weighted by Crippen LogP contribution is 2.27. The van der Waals surface area contributed by atoms with E-state index in [0.717, 1.165) is 0 Å². The molecule has 3 N–H and O–H groups in total. The second-order valence-electron chi connectivity index (χ2n) is 9.57. The normalized spacial score (nSPS) is 14.3. The Morgan fingerprint density at radius 3 is 2.19 bits per heavy atom. The molecule has 0 heterocycles. The van der Waals surface area contributed by atoms with Crippen LogP contribution in [0.3, 0.4) is 0 Å². The van der Waals surface area contributed by atoms with Crippen LogP contribution in [-0.2, 0) is 14.3 Å². The number of carbonyl (C=O) groups excluding carboxylic acids is 3. The molecular weight excluding hydrogens is 410 g/mol. The molecule has 8 nitrogen and oxygen atoms in total. The number of benzene rings is 1. The number of hydrogen-bond donors (Lipinski definition) is 3. The Kier molecular flexibility index (Phi) is 9.54. The molecule has 0 spiro atoms. The molecule has 3 atom stereocenters. The van der Waals surface area contributed by atoms with Crippen molar-refractivity contribution < 1.29 is 24.2 Å². The van der Waals surface area contributed by atoms with Crippen molar-refractivity contribution in [1.29, 1.82) is 0 Å². The standard InChI is InChI=1S/C24H39N3O5/c1-10-15(4)19(26-23(31)32-24(6,7)8)22(30)27(9)20(21(29)25-14(2)3)17-11-12-18(28)16(5)13-17/h11-15,19-20,28H,10H2,1-9H3,(H,25,29)(H,26,31). The zero-order valence-electron chi connectivity index (χ0n) is 20.8. The maximum absolute atomic E-state index is 13.5. The van der Waals surface area contributed by atoms with Gasteiger partial charge in [-0.1, -0.05) is 26.3 Å². The van der Waals surface area contributed by atoms with E-state index in [1.807, 2.05) is 27.7 Å². The molecule has 0 aliphatic carbocycles. The zero-order chi connectivity index (χ0) is 24.8. The first kappa shape index (κ1) is 27.3. The van der Waals surface area contributed by atoms with Crippen LogP contribution >= 0.6 is 0 Å². The lowest BCUT2D eigenvalue weighted by Gasteiger charge is -2.34. The number of phenolic OH excluding ortho intramolecular Hbond substituents is 1. The van der Waals surface area contributed by atoms with Crippen molar-refractivity contribution in [2.45, 2.75) is 85.5 Å². The molecule has 0 saturated heterocycles. The van der Waals surface area contributed by atoms with Gasteiger partial charge in [0, 0.05) is 13.1 Å². The summed E-state index contributed by atoms with van der Waals surface area (Å²) in [6, 6.07) is 2.88. The van der Waals surface area contributed by atoms with E-state index < -0.39 is 29.7 Å². The van der Waals surface area contributed by atoms with Gasteiger partial charge in [-0.25, -0.2) is 4.79 Å². The van der Waals surface area contributed by atoms with Crippen molar-refractivity contribution in [3.8, 4) is 5.75 Å². The van der Waals surface area contributed by atoms with Gasteiger partial charge in [-0.15, -0.1) is 0 Å². The minimum atomic E-state index is -0.934. The predicted octanol–water partition coefficient (Wildman–Crippen LogP) is 3.66. The Labute approximate surface area is 191 Å². The fraction of sp³-hybridized carbons (Fsp3) is 0.625. The lowest BCUT2D eigenvalue weighted by atomic mass is 9.95. The van der Waals surface area contributed by atoms with Gasteiger partial charge in [0.2, 0.25) is 11.8 Å². The number of carbonyl (C=O) groups is 3. The lowest BCUT2D eigenvalue weighted by molar-refractivity contribution is -0.142. The molecule has 180 valence electrons. The summed E-state index contributed by atoms with van der Waals surface area (Å²) in [6.45, 7) is 14.4. The smallest absolute Gasteiger partial charge is 0.408 e. The maximum Gasteiger partial charge on any atom is 0.408 e. The summed E-state index contributed by atoms with van der Waals surface area (Å²) in [6.07, 6.45) is -0.0467. The summed E-state index contributed by atoms with van der Waals surface area (Å²) < 4.78 is 5.34. The number of aryl methyl sites for hydroxylation is 1. The highest BCUT2D eigenvalue weighted by atomic mass is 16.6. The van der Waals surface area contributed by atoms with E-state index in [1.54, 1.807) is 46.9 Å². The number of rotatable bonds is 8. The number of alkyl carbamates (subject to hydrolysis) is 1. The van der Waals surface area contributed by atoms with Gasteiger partial charge in [0.25, 0.3) is 0 Å². The molecule has 1 aromatic carbocycles. The van der Waals surface area contributed by atoms with Crippen LogP contribution in [0.2, 0.25) is 0 Å². The van der Waals surface area contributed by atoms with Crippen molar-refractivity contribution in [3.05, 3.63) is 29.3 Å². The first-order valence-electron chi connectivity index (χ1n) is 11.0. The van der Waals surface area contributed by atoms with Crippen molar-refractivity contribution in [1.82, 2.24) is 15.5 Å². The Balaban J connectivity index is 3.32. The van der Waals surface area contributed by atoms with Crippen LogP contribution in [-0.4, -0.2) is 52.6 Å². The van der Waals surface area contributed by atoms with Crippen molar-refractivity contribution in [2.24, 2.45) is 5.92 Å². The summed E-state index contributed by atoms with van der Waals surface area (Å²) in [5.41, 5.74) is 0.452. The van der Waals surface area contributed by atoms with E-state index in [2.05, 4.69) is 10.6 Å². The van der Waals surface area contributed by atoms with Crippen LogP contribution in [0.15, 0.2) is 18.2 Å². The van der Waals surface area contributed by atoms with Gasteiger partial charge in [-0.2, -0.15) is 0 Å². The van der Waals surface area contributed by atoms with Gasteiger partial charge in [-0.3, -0.25) is 9.59 Å². The first-order valence-corrected chi connectivity index (χ1v) is 11.0. The fourth-order valence-corrected chi connectivity index (χ4v) is 3.23.